The summed E-state index contributed by atoms with van der Waals surface area (Å²) in [6, 6.07) is 15.1. The Labute approximate surface area is 155 Å². The molecular formula is C19H17N3O3S. The van der Waals surface area contributed by atoms with Crippen LogP contribution in [0.2, 0.25) is 0 Å². The molecule has 0 aromatic heterocycles. The second kappa shape index (κ2) is 6.76. The Morgan fingerprint density at radius 2 is 1.88 bits per heavy atom. The SMILES string of the molecule is CN(C)/N=C1\S/C(=C\c2ccc3c(c2)OCO3)C(=O)N1c1ccccc1. The Bertz CT molecular complexity index is 910. The molecule has 132 valence electrons. The van der Waals surface area contributed by atoms with Crippen LogP contribution in [0, 0.1) is 0 Å². The first-order valence-corrected chi connectivity index (χ1v) is 8.88. The summed E-state index contributed by atoms with van der Waals surface area (Å²) in [4.78, 5) is 15.3. The minimum Gasteiger partial charge on any atom is -0.454 e. The summed E-state index contributed by atoms with van der Waals surface area (Å²) in [6.07, 6.45) is 1.85. The van der Waals surface area contributed by atoms with E-state index in [4.69, 9.17) is 9.47 Å². The first kappa shape index (κ1) is 16.5. The Kier molecular flexibility index (Phi) is 4.30. The van der Waals surface area contributed by atoms with Crippen LogP contribution in [0.1, 0.15) is 5.56 Å². The van der Waals surface area contributed by atoms with Crippen molar-refractivity contribution in [1.82, 2.24) is 5.01 Å². The maximum absolute atomic E-state index is 13.0. The number of amidine groups is 1. The van der Waals surface area contributed by atoms with Gasteiger partial charge in [-0.15, -0.1) is 0 Å². The molecule has 2 aliphatic heterocycles. The van der Waals surface area contributed by atoms with Crippen LogP contribution in [0.4, 0.5) is 5.69 Å². The topological polar surface area (TPSA) is 54.4 Å². The largest absolute Gasteiger partial charge is 0.454 e. The van der Waals surface area contributed by atoms with Crippen LogP contribution in [-0.4, -0.2) is 37.0 Å². The summed E-state index contributed by atoms with van der Waals surface area (Å²) >= 11 is 1.35. The van der Waals surface area contributed by atoms with E-state index in [1.807, 2.05) is 68.7 Å². The second-order valence-electron chi connectivity index (χ2n) is 5.93. The van der Waals surface area contributed by atoms with Gasteiger partial charge in [-0.2, -0.15) is 5.10 Å². The molecule has 1 fully saturated rings. The minimum absolute atomic E-state index is 0.0977. The van der Waals surface area contributed by atoms with Crippen LogP contribution in [-0.2, 0) is 4.79 Å². The lowest BCUT2D eigenvalue weighted by Gasteiger charge is -2.16. The maximum Gasteiger partial charge on any atom is 0.271 e. The zero-order valence-corrected chi connectivity index (χ0v) is 15.2. The molecule has 0 saturated carbocycles. The van der Waals surface area contributed by atoms with Gasteiger partial charge in [-0.3, -0.25) is 9.69 Å². The number of nitrogens with zero attached hydrogens (tertiary/aromatic N) is 3. The third-order valence-electron chi connectivity index (χ3n) is 3.80. The van der Waals surface area contributed by atoms with Crippen LogP contribution in [0.5, 0.6) is 11.5 Å². The molecule has 1 saturated heterocycles. The second-order valence-corrected chi connectivity index (χ2v) is 6.94. The fraction of sp³-hybridized carbons (Fsp3) is 0.158. The Balaban J connectivity index is 1.71. The highest BCUT2D eigenvalue weighted by molar-refractivity contribution is 8.19. The van der Waals surface area contributed by atoms with Crippen LogP contribution in [0.3, 0.4) is 0 Å². The molecule has 0 radical (unpaired) electrons. The lowest BCUT2D eigenvalue weighted by Crippen LogP contribution is -2.30. The molecule has 0 aliphatic carbocycles. The number of fused-ring (bicyclic) bond motifs is 1. The van der Waals surface area contributed by atoms with E-state index in [1.54, 1.807) is 9.91 Å². The number of amides is 1. The molecule has 0 spiro atoms. The van der Waals surface area contributed by atoms with Gasteiger partial charge < -0.3 is 14.5 Å². The highest BCUT2D eigenvalue weighted by atomic mass is 32.2. The number of hydrazone groups is 1. The number of carbonyl (C=O) groups excluding carboxylic acids is 1. The number of anilines is 1. The predicted octanol–water partition coefficient (Wildman–Crippen LogP) is 3.37. The maximum atomic E-state index is 13.0. The van der Waals surface area contributed by atoms with Crippen LogP contribution < -0.4 is 14.4 Å². The van der Waals surface area contributed by atoms with Gasteiger partial charge in [-0.1, -0.05) is 24.3 Å². The van der Waals surface area contributed by atoms with Crippen LogP contribution in [0.15, 0.2) is 58.5 Å². The summed E-state index contributed by atoms with van der Waals surface area (Å²) < 4.78 is 10.7. The molecule has 0 N–H and O–H groups in total. The normalized spacial score (nSPS) is 18.8. The number of carbonyl (C=O) groups is 1. The van der Waals surface area contributed by atoms with Crippen LogP contribution in [0.25, 0.3) is 6.08 Å². The summed E-state index contributed by atoms with van der Waals surface area (Å²) in [6.45, 7) is 0.227. The molecule has 0 bridgehead atoms. The lowest BCUT2D eigenvalue weighted by atomic mass is 10.2. The highest BCUT2D eigenvalue weighted by Gasteiger charge is 2.35. The summed E-state index contributed by atoms with van der Waals surface area (Å²) in [5, 5.41) is 6.78. The van der Waals surface area contributed by atoms with Crippen LogP contribution >= 0.6 is 11.8 Å². The van der Waals surface area contributed by atoms with Gasteiger partial charge in [0.25, 0.3) is 5.91 Å². The molecule has 1 amide bonds. The predicted molar refractivity (Wildman–Crippen MR) is 103 cm³/mol. The number of thioether (sulfide) groups is 1. The third kappa shape index (κ3) is 3.13. The van der Waals surface area contributed by atoms with Gasteiger partial charge in [0.2, 0.25) is 6.79 Å². The number of benzene rings is 2. The van der Waals surface area contributed by atoms with Crippen molar-refractivity contribution in [3.05, 3.63) is 59.0 Å². The van der Waals surface area contributed by atoms with Gasteiger partial charge >= 0.3 is 0 Å². The number of para-hydroxylation sites is 1. The Hall–Kier alpha value is -2.93. The molecule has 2 aromatic carbocycles. The number of hydrogen-bond acceptors (Lipinski definition) is 6. The Morgan fingerprint density at radius 1 is 1.12 bits per heavy atom. The van der Waals surface area contributed by atoms with Crippen molar-refractivity contribution < 1.29 is 14.3 Å². The van der Waals surface area contributed by atoms with Crippen molar-refractivity contribution in [3.8, 4) is 11.5 Å². The summed E-state index contributed by atoms with van der Waals surface area (Å²) in [5.74, 6) is 1.31. The van der Waals surface area contributed by atoms with E-state index >= 15 is 0 Å². The van der Waals surface area contributed by atoms with Crippen molar-refractivity contribution in [2.45, 2.75) is 0 Å². The smallest absolute Gasteiger partial charge is 0.271 e. The standard InChI is InChI=1S/C19H17N3O3S/c1-21(2)20-19-22(14-6-4-3-5-7-14)18(23)17(26-19)11-13-8-9-15-16(10-13)25-12-24-15/h3-11H,12H2,1-2H3/b17-11-,20-19-. The molecule has 2 heterocycles. The number of hydrogen-bond donors (Lipinski definition) is 0. The highest BCUT2D eigenvalue weighted by Crippen LogP contribution is 2.38. The van der Waals surface area contributed by atoms with Gasteiger partial charge in [0.05, 0.1) is 10.6 Å². The van der Waals surface area contributed by atoms with Gasteiger partial charge in [0.15, 0.2) is 16.7 Å². The number of ether oxygens (including phenoxy) is 2. The van der Waals surface area contributed by atoms with E-state index in [2.05, 4.69) is 5.10 Å². The van der Waals surface area contributed by atoms with E-state index in [1.165, 1.54) is 11.8 Å². The van der Waals surface area contributed by atoms with Crippen molar-refractivity contribution in [2.24, 2.45) is 5.10 Å². The van der Waals surface area contributed by atoms with E-state index in [9.17, 15) is 4.79 Å². The van der Waals surface area contributed by atoms with Gasteiger partial charge in [0, 0.05) is 14.1 Å². The lowest BCUT2D eigenvalue weighted by molar-refractivity contribution is -0.113. The molecule has 7 heteroatoms. The monoisotopic (exact) mass is 367 g/mol. The third-order valence-corrected chi connectivity index (χ3v) is 4.76. The summed E-state index contributed by atoms with van der Waals surface area (Å²) in [5.41, 5.74) is 1.67. The van der Waals surface area contributed by atoms with Crippen molar-refractivity contribution in [3.63, 3.8) is 0 Å². The fourth-order valence-corrected chi connectivity index (χ4v) is 3.73. The first-order valence-electron chi connectivity index (χ1n) is 8.06. The minimum atomic E-state index is -0.0977. The fourth-order valence-electron chi connectivity index (χ4n) is 2.67. The van der Waals surface area contributed by atoms with Gasteiger partial charge in [-0.05, 0) is 47.7 Å². The molecule has 2 aromatic rings. The van der Waals surface area contributed by atoms with Gasteiger partial charge in [0.1, 0.15) is 0 Å². The zero-order chi connectivity index (χ0) is 18.1. The van der Waals surface area contributed by atoms with E-state index < -0.39 is 0 Å². The van der Waals surface area contributed by atoms with Crippen molar-refractivity contribution >= 4 is 34.6 Å². The molecule has 26 heavy (non-hydrogen) atoms. The number of rotatable bonds is 3. The Morgan fingerprint density at radius 3 is 2.65 bits per heavy atom. The first-order chi connectivity index (χ1) is 12.6. The van der Waals surface area contributed by atoms with Gasteiger partial charge in [-0.25, -0.2) is 0 Å². The molecule has 0 unspecified atom stereocenters. The molecule has 6 nitrogen and oxygen atoms in total. The quantitative estimate of drug-likeness (QED) is 0.615. The van der Waals surface area contributed by atoms with Crippen molar-refractivity contribution in [1.29, 1.82) is 0 Å². The zero-order valence-electron chi connectivity index (χ0n) is 14.4. The van der Waals surface area contributed by atoms with Crippen molar-refractivity contribution in [2.75, 3.05) is 25.8 Å². The molecule has 4 rings (SSSR count). The average molecular weight is 367 g/mol. The summed E-state index contributed by atoms with van der Waals surface area (Å²) in [7, 11) is 3.67. The van der Waals surface area contributed by atoms with E-state index in [-0.39, 0.29) is 12.7 Å². The van der Waals surface area contributed by atoms with E-state index in [0.717, 1.165) is 17.0 Å². The molecule has 2 aliphatic rings. The van der Waals surface area contributed by atoms with E-state index in [0.29, 0.717) is 15.8 Å². The average Bonchev–Trinajstić information content (AvgIpc) is 3.20. The molecular weight excluding hydrogens is 350 g/mol. The molecule has 0 atom stereocenters.